The number of aromatic nitrogens is 1. The standard InChI is InChI=1S/C11H10N2O4/c1-6(14)5-13-4-3-7(15)8-9(13)11(17)12(2)10(8)16/h3-4H,5H2,1-2H3. The molecule has 0 N–H and O–H groups in total. The molecule has 1 aliphatic heterocycles. The molecule has 0 spiro atoms. The van der Waals surface area contributed by atoms with E-state index in [0.717, 1.165) is 4.90 Å². The summed E-state index contributed by atoms with van der Waals surface area (Å²) in [6, 6.07) is 1.19. The van der Waals surface area contributed by atoms with Gasteiger partial charge in [0.25, 0.3) is 11.8 Å². The van der Waals surface area contributed by atoms with Crippen LogP contribution in [0.1, 0.15) is 27.8 Å². The van der Waals surface area contributed by atoms with Crippen LogP contribution in [0.5, 0.6) is 0 Å². The van der Waals surface area contributed by atoms with Crippen LogP contribution in [0, 0.1) is 0 Å². The molecule has 0 unspecified atom stereocenters. The van der Waals surface area contributed by atoms with E-state index in [4.69, 9.17) is 0 Å². The van der Waals surface area contributed by atoms with Gasteiger partial charge in [-0.25, -0.2) is 0 Å². The quantitative estimate of drug-likeness (QED) is 0.656. The fourth-order valence-corrected chi connectivity index (χ4v) is 1.80. The van der Waals surface area contributed by atoms with Crippen molar-refractivity contribution >= 4 is 17.6 Å². The summed E-state index contributed by atoms with van der Waals surface area (Å²) in [5.41, 5.74) is -0.649. The molecule has 2 heterocycles. The van der Waals surface area contributed by atoms with Crippen LogP contribution < -0.4 is 5.43 Å². The lowest BCUT2D eigenvalue weighted by molar-refractivity contribution is -0.117. The maximum absolute atomic E-state index is 11.8. The van der Waals surface area contributed by atoms with Crippen molar-refractivity contribution in [1.29, 1.82) is 0 Å². The van der Waals surface area contributed by atoms with Gasteiger partial charge in [-0.05, 0) is 6.92 Å². The molecule has 0 saturated heterocycles. The number of carbonyl (C=O) groups excluding carboxylic acids is 3. The molecule has 1 aromatic rings. The third-order valence-corrected chi connectivity index (χ3v) is 2.59. The monoisotopic (exact) mass is 234 g/mol. The van der Waals surface area contributed by atoms with Crippen LogP contribution in [-0.2, 0) is 11.3 Å². The number of carbonyl (C=O) groups is 3. The number of rotatable bonds is 2. The van der Waals surface area contributed by atoms with E-state index in [-0.39, 0.29) is 23.6 Å². The number of imide groups is 1. The first-order chi connectivity index (χ1) is 7.93. The van der Waals surface area contributed by atoms with E-state index in [9.17, 15) is 19.2 Å². The first-order valence-electron chi connectivity index (χ1n) is 4.98. The zero-order valence-electron chi connectivity index (χ0n) is 9.39. The minimum absolute atomic E-state index is 0.000185. The summed E-state index contributed by atoms with van der Waals surface area (Å²) in [6.45, 7) is 1.34. The summed E-state index contributed by atoms with van der Waals surface area (Å²) >= 11 is 0. The molecule has 1 aliphatic rings. The Kier molecular flexibility index (Phi) is 2.42. The van der Waals surface area contributed by atoms with Crippen LogP contribution in [0.15, 0.2) is 17.1 Å². The smallest absolute Gasteiger partial charge is 0.278 e. The number of hydrogen-bond donors (Lipinski definition) is 0. The molecule has 0 aliphatic carbocycles. The van der Waals surface area contributed by atoms with E-state index < -0.39 is 17.2 Å². The molecular formula is C11H10N2O4. The molecule has 2 amide bonds. The molecule has 88 valence electrons. The number of Topliss-reactive ketones (excluding diaryl/α,β-unsaturated/α-hetero) is 1. The molecular weight excluding hydrogens is 224 g/mol. The topological polar surface area (TPSA) is 76.5 Å². The van der Waals surface area contributed by atoms with Crippen LogP contribution in [0.4, 0.5) is 0 Å². The molecule has 1 aromatic heterocycles. The Morgan fingerprint density at radius 1 is 1.24 bits per heavy atom. The predicted octanol–water partition coefficient (Wildman–Crippen LogP) is -0.337. The number of amides is 2. The first-order valence-corrected chi connectivity index (χ1v) is 4.98. The van der Waals surface area contributed by atoms with Crippen molar-refractivity contribution in [3.8, 4) is 0 Å². The lowest BCUT2D eigenvalue weighted by atomic mass is 10.2. The third kappa shape index (κ3) is 1.57. The minimum atomic E-state index is -0.618. The minimum Gasteiger partial charge on any atom is -0.335 e. The van der Waals surface area contributed by atoms with Crippen molar-refractivity contribution in [3.63, 3.8) is 0 Å². The molecule has 0 bridgehead atoms. The van der Waals surface area contributed by atoms with Gasteiger partial charge in [-0.2, -0.15) is 0 Å². The summed E-state index contributed by atoms with van der Waals surface area (Å²) in [6.07, 6.45) is 1.35. The molecule has 6 nitrogen and oxygen atoms in total. The lowest BCUT2D eigenvalue weighted by Gasteiger charge is -2.08. The van der Waals surface area contributed by atoms with Gasteiger partial charge in [0.2, 0.25) is 0 Å². The predicted molar refractivity (Wildman–Crippen MR) is 57.8 cm³/mol. The molecule has 0 saturated carbocycles. The van der Waals surface area contributed by atoms with Gasteiger partial charge in [0.1, 0.15) is 17.0 Å². The van der Waals surface area contributed by atoms with Crippen molar-refractivity contribution < 1.29 is 14.4 Å². The highest BCUT2D eigenvalue weighted by Crippen LogP contribution is 2.18. The van der Waals surface area contributed by atoms with Crippen LogP contribution in [0.25, 0.3) is 0 Å². The summed E-state index contributed by atoms with van der Waals surface area (Å²) in [5.74, 6) is -1.33. The molecule has 2 rings (SSSR count). The normalized spacial score (nSPS) is 14.1. The number of fused-ring (bicyclic) bond motifs is 1. The Morgan fingerprint density at radius 2 is 1.88 bits per heavy atom. The first kappa shape index (κ1) is 11.3. The molecule has 17 heavy (non-hydrogen) atoms. The van der Waals surface area contributed by atoms with Crippen molar-refractivity contribution in [2.45, 2.75) is 13.5 Å². The number of pyridine rings is 1. The zero-order chi connectivity index (χ0) is 12.7. The van der Waals surface area contributed by atoms with Gasteiger partial charge < -0.3 is 4.57 Å². The fraction of sp³-hybridized carbons (Fsp3) is 0.273. The number of nitrogens with zero attached hydrogens (tertiary/aromatic N) is 2. The van der Waals surface area contributed by atoms with E-state index in [1.165, 1.54) is 30.8 Å². The molecule has 6 heteroatoms. The third-order valence-electron chi connectivity index (χ3n) is 2.59. The summed E-state index contributed by atoms with van der Waals surface area (Å²) < 4.78 is 1.34. The largest absolute Gasteiger partial charge is 0.335 e. The second-order valence-electron chi connectivity index (χ2n) is 3.90. The zero-order valence-corrected chi connectivity index (χ0v) is 9.39. The Hall–Kier alpha value is -2.24. The van der Waals surface area contributed by atoms with Gasteiger partial charge in [-0.1, -0.05) is 0 Å². The van der Waals surface area contributed by atoms with Gasteiger partial charge in [0.15, 0.2) is 5.43 Å². The highest BCUT2D eigenvalue weighted by Gasteiger charge is 2.37. The summed E-state index contributed by atoms with van der Waals surface area (Å²) in [4.78, 5) is 47.0. The van der Waals surface area contributed by atoms with Crippen molar-refractivity contribution in [2.75, 3.05) is 7.05 Å². The van der Waals surface area contributed by atoms with Gasteiger partial charge in [0, 0.05) is 19.3 Å². The molecule has 0 fully saturated rings. The number of hydrogen-bond acceptors (Lipinski definition) is 4. The second kappa shape index (κ2) is 3.65. The maximum atomic E-state index is 11.8. The van der Waals surface area contributed by atoms with Crippen molar-refractivity contribution in [3.05, 3.63) is 33.7 Å². The SMILES string of the molecule is CC(=O)Cn1ccc(=O)c2c1C(=O)N(C)C2=O. The molecule has 0 atom stereocenters. The van der Waals surface area contributed by atoms with Crippen LogP contribution in [0.2, 0.25) is 0 Å². The van der Waals surface area contributed by atoms with Crippen LogP contribution in [0.3, 0.4) is 0 Å². The van der Waals surface area contributed by atoms with E-state index >= 15 is 0 Å². The Balaban J connectivity index is 2.70. The van der Waals surface area contributed by atoms with E-state index in [1.54, 1.807) is 0 Å². The highest BCUT2D eigenvalue weighted by atomic mass is 16.2. The second-order valence-corrected chi connectivity index (χ2v) is 3.90. The Bertz CT molecular complexity index is 600. The summed E-state index contributed by atoms with van der Waals surface area (Å²) in [5, 5.41) is 0. The average molecular weight is 234 g/mol. The van der Waals surface area contributed by atoms with Crippen molar-refractivity contribution in [2.24, 2.45) is 0 Å². The van der Waals surface area contributed by atoms with Gasteiger partial charge >= 0.3 is 0 Å². The average Bonchev–Trinajstić information content (AvgIpc) is 2.48. The van der Waals surface area contributed by atoms with Crippen molar-refractivity contribution in [1.82, 2.24) is 9.47 Å². The van der Waals surface area contributed by atoms with E-state index in [0.29, 0.717) is 0 Å². The van der Waals surface area contributed by atoms with E-state index in [1.807, 2.05) is 0 Å². The van der Waals surface area contributed by atoms with Crippen LogP contribution in [-0.4, -0.2) is 34.1 Å². The molecule has 0 radical (unpaired) electrons. The summed E-state index contributed by atoms with van der Waals surface area (Å²) in [7, 11) is 1.31. The van der Waals surface area contributed by atoms with E-state index in [2.05, 4.69) is 0 Å². The Morgan fingerprint density at radius 3 is 2.47 bits per heavy atom. The highest BCUT2D eigenvalue weighted by molar-refractivity contribution is 6.20. The van der Waals surface area contributed by atoms with Crippen LogP contribution >= 0.6 is 0 Å². The van der Waals surface area contributed by atoms with Gasteiger partial charge in [0.05, 0.1) is 6.54 Å². The maximum Gasteiger partial charge on any atom is 0.278 e. The van der Waals surface area contributed by atoms with Gasteiger partial charge in [-0.3, -0.25) is 24.1 Å². The Labute approximate surface area is 96.5 Å². The lowest BCUT2D eigenvalue weighted by Crippen LogP contribution is -2.26. The van der Waals surface area contributed by atoms with Gasteiger partial charge in [-0.15, -0.1) is 0 Å². The fourth-order valence-electron chi connectivity index (χ4n) is 1.80. The molecule has 0 aromatic carbocycles. The number of ketones is 1.